The van der Waals surface area contributed by atoms with Crippen molar-refractivity contribution in [2.75, 3.05) is 13.7 Å². The predicted molar refractivity (Wildman–Crippen MR) is 56.2 cm³/mol. The lowest BCUT2D eigenvalue weighted by atomic mass is 10.1. The Bertz CT molecular complexity index is 404. The fraction of sp³-hybridized carbons (Fsp3) is 0.200. The number of benzene rings is 1. The monoisotopic (exact) mass is 227 g/mol. The average molecular weight is 228 g/mol. The van der Waals surface area contributed by atoms with E-state index < -0.39 is 5.97 Å². The third kappa shape index (κ3) is 2.55. The molecule has 80 valence electrons. The summed E-state index contributed by atoms with van der Waals surface area (Å²) < 4.78 is 4.51. The van der Waals surface area contributed by atoms with E-state index in [1.807, 2.05) is 0 Å². The number of esters is 1. The van der Waals surface area contributed by atoms with Crippen molar-refractivity contribution < 1.29 is 14.3 Å². The molecule has 1 aromatic rings. The van der Waals surface area contributed by atoms with Crippen molar-refractivity contribution in [3.8, 4) is 0 Å². The van der Waals surface area contributed by atoms with Crippen LogP contribution in [0.2, 0.25) is 5.02 Å². The molecule has 1 rings (SSSR count). The molecule has 0 saturated carbocycles. The van der Waals surface area contributed by atoms with Gasteiger partial charge in [-0.3, -0.25) is 4.79 Å². The number of Topliss-reactive ketones (excluding diaryl/α,β-unsaturated/α-hetero) is 1. The minimum absolute atomic E-state index is 0.0894. The van der Waals surface area contributed by atoms with Crippen LogP contribution in [0.4, 0.5) is 0 Å². The van der Waals surface area contributed by atoms with Gasteiger partial charge < -0.3 is 10.5 Å². The Hall–Kier alpha value is -1.39. The predicted octanol–water partition coefficient (Wildman–Crippen LogP) is 1.27. The summed E-state index contributed by atoms with van der Waals surface area (Å²) in [6.07, 6.45) is 0. The van der Waals surface area contributed by atoms with Gasteiger partial charge in [0, 0.05) is 5.56 Å². The molecule has 5 heteroatoms. The van der Waals surface area contributed by atoms with Gasteiger partial charge in [0.05, 0.1) is 24.2 Å². The highest BCUT2D eigenvalue weighted by atomic mass is 35.5. The molecule has 0 aliphatic rings. The van der Waals surface area contributed by atoms with Gasteiger partial charge in [-0.2, -0.15) is 0 Å². The molecule has 0 aliphatic carbocycles. The summed E-state index contributed by atoms with van der Waals surface area (Å²) in [5, 5.41) is 0.182. The molecule has 1 aromatic carbocycles. The molecule has 0 amide bonds. The summed E-state index contributed by atoms with van der Waals surface area (Å²) in [4.78, 5) is 22.4. The molecule has 0 radical (unpaired) electrons. The highest BCUT2D eigenvalue weighted by molar-refractivity contribution is 6.34. The summed E-state index contributed by atoms with van der Waals surface area (Å²) in [7, 11) is 1.26. The van der Waals surface area contributed by atoms with Crippen LogP contribution in [-0.4, -0.2) is 25.4 Å². The van der Waals surface area contributed by atoms with E-state index >= 15 is 0 Å². The van der Waals surface area contributed by atoms with E-state index in [4.69, 9.17) is 17.3 Å². The number of hydrogen-bond acceptors (Lipinski definition) is 4. The van der Waals surface area contributed by atoms with Crippen LogP contribution in [0, 0.1) is 0 Å². The van der Waals surface area contributed by atoms with E-state index in [0.29, 0.717) is 5.56 Å². The van der Waals surface area contributed by atoms with E-state index in [9.17, 15) is 9.59 Å². The second-order valence-electron chi connectivity index (χ2n) is 2.81. The Labute approximate surface area is 92.0 Å². The van der Waals surface area contributed by atoms with E-state index in [1.54, 1.807) is 0 Å². The summed E-state index contributed by atoms with van der Waals surface area (Å²) in [5.41, 5.74) is 5.81. The Morgan fingerprint density at radius 3 is 2.60 bits per heavy atom. The molecular weight excluding hydrogens is 218 g/mol. The van der Waals surface area contributed by atoms with E-state index in [-0.39, 0.29) is 22.9 Å². The van der Waals surface area contributed by atoms with Crippen LogP contribution in [0.25, 0.3) is 0 Å². The number of carbonyl (C=O) groups is 2. The Kier molecular flexibility index (Phi) is 3.82. The van der Waals surface area contributed by atoms with Crippen LogP contribution in [0.15, 0.2) is 18.2 Å². The van der Waals surface area contributed by atoms with Gasteiger partial charge in [0.25, 0.3) is 0 Å². The van der Waals surface area contributed by atoms with Gasteiger partial charge in [0.2, 0.25) is 0 Å². The zero-order chi connectivity index (χ0) is 11.4. The van der Waals surface area contributed by atoms with E-state index in [0.717, 1.165) is 0 Å². The first-order chi connectivity index (χ1) is 7.10. The minimum atomic E-state index is -0.535. The molecule has 0 spiro atoms. The molecule has 2 N–H and O–H groups in total. The lowest BCUT2D eigenvalue weighted by Gasteiger charge is -2.03. The number of methoxy groups -OCH3 is 1. The molecular formula is C10H10ClNO3. The number of ether oxygens (including phenoxy) is 1. The van der Waals surface area contributed by atoms with Crippen LogP contribution >= 0.6 is 11.6 Å². The molecule has 0 saturated heterocycles. The fourth-order valence-electron chi connectivity index (χ4n) is 1.08. The first kappa shape index (κ1) is 11.7. The van der Waals surface area contributed by atoms with Crippen molar-refractivity contribution in [1.82, 2.24) is 0 Å². The molecule has 0 unspecified atom stereocenters. The molecule has 0 atom stereocenters. The third-order valence-electron chi connectivity index (χ3n) is 1.88. The van der Waals surface area contributed by atoms with Gasteiger partial charge in [-0.15, -0.1) is 0 Å². The molecule has 15 heavy (non-hydrogen) atoms. The van der Waals surface area contributed by atoms with Crippen LogP contribution in [0.3, 0.4) is 0 Å². The van der Waals surface area contributed by atoms with Crippen LogP contribution in [0.5, 0.6) is 0 Å². The van der Waals surface area contributed by atoms with Gasteiger partial charge in [-0.05, 0) is 12.1 Å². The molecule has 4 nitrogen and oxygen atoms in total. The first-order valence-corrected chi connectivity index (χ1v) is 4.59. The molecule has 0 bridgehead atoms. The largest absolute Gasteiger partial charge is 0.465 e. The number of carbonyl (C=O) groups excluding carboxylic acids is 2. The van der Waals surface area contributed by atoms with Crippen molar-refractivity contribution in [3.63, 3.8) is 0 Å². The van der Waals surface area contributed by atoms with Gasteiger partial charge in [0.1, 0.15) is 0 Å². The molecule has 0 fully saturated rings. The molecule has 0 heterocycles. The molecule has 0 aliphatic heterocycles. The lowest BCUT2D eigenvalue weighted by Crippen LogP contribution is -2.14. The second kappa shape index (κ2) is 4.91. The van der Waals surface area contributed by atoms with Crippen molar-refractivity contribution in [3.05, 3.63) is 34.3 Å². The second-order valence-corrected chi connectivity index (χ2v) is 3.22. The van der Waals surface area contributed by atoms with Crippen LogP contribution < -0.4 is 5.73 Å². The topological polar surface area (TPSA) is 69.4 Å². The standard InChI is InChI=1S/C10H10ClNO3/c1-15-10(14)7-3-2-6(4-8(7)11)9(13)5-12/h2-4H,5,12H2,1H3. The van der Waals surface area contributed by atoms with Gasteiger partial charge in [-0.1, -0.05) is 17.7 Å². The average Bonchev–Trinajstić information content (AvgIpc) is 2.26. The Morgan fingerprint density at radius 1 is 1.47 bits per heavy atom. The number of halogens is 1. The number of nitrogens with two attached hydrogens (primary N) is 1. The molecule has 0 aromatic heterocycles. The van der Waals surface area contributed by atoms with Crippen molar-refractivity contribution >= 4 is 23.4 Å². The Morgan fingerprint density at radius 2 is 2.13 bits per heavy atom. The lowest BCUT2D eigenvalue weighted by molar-refractivity contribution is 0.0600. The number of ketones is 1. The highest BCUT2D eigenvalue weighted by Crippen LogP contribution is 2.18. The van der Waals surface area contributed by atoms with Crippen molar-refractivity contribution in [2.45, 2.75) is 0 Å². The quantitative estimate of drug-likeness (QED) is 0.624. The van der Waals surface area contributed by atoms with Crippen LogP contribution in [0.1, 0.15) is 20.7 Å². The van der Waals surface area contributed by atoms with Crippen molar-refractivity contribution in [1.29, 1.82) is 0 Å². The SMILES string of the molecule is COC(=O)c1ccc(C(=O)CN)cc1Cl. The third-order valence-corrected chi connectivity index (χ3v) is 2.19. The smallest absolute Gasteiger partial charge is 0.339 e. The fourth-order valence-corrected chi connectivity index (χ4v) is 1.34. The van der Waals surface area contributed by atoms with E-state index in [2.05, 4.69) is 4.74 Å². The Balaban J connectivity index is 3.08. The van der Waals surface area contributed by atoms with E-state index in [1.165, 1.54) is 25.3 Å². The summed E-state index contributed by atoms with van der Waals surface area (Å²) in [6, 6.07) is 4.34. The summed E-state index contributed by atoms with van der Waals surface area (Å²) >= 11 is 5.81. The summed E-state index contributed by atoms with van der Waals surface area (Å²) in [6.45, 7) is -0.0894. The number of rotatable bonds is 3. The normalized spacial score (nSPS) is 9.80. The van der Waals surface area contributed by atoms with Gasteiger partial charge in [0.15, 0.2) is 5.78 Å². The minimum Gasteiger partial charge on any atom is -0.465 e. The van der Waals surface area contributed by atoms with Crippen LogP contribution in [-0.2, 0) is 4.74 Å². The zero-order valence-electron chi connectivity index (χ0n) is 8.12. The maximum Gasteiger partial charge on any atom is 0.339 e. The van der Waals surface area contributed by atoms with Gasteiger partial charge >= 0.3 is 5.97 Å². The zero-order valence-corrected chi connectivity index (χ0v) is 8.88. The maximum atomic E-state index is 11.2. The van der Waals surface area contributed by atoms with Gasteiger partial charge in [-0.25, -0.2) is 4.79 Å². The first-order valence-electron chi connectivity index (χ1n) is 4.21. The number of hydrogen-bond donors (Lipinski definition) is 1. The maximum absolute atomic E-state index is 11.2. The van der Waals surface area contributed by atoms with Crippen molar-refractivity contribution in [2.24, 2.45) is 5.73 Å². The highest BCUT2D eigenvalue weighted by Gasteiger charge is 2.12. The summed E-state index contributed by atoms with van der Waals surface area (Å²) in [5.74, 6) is -0.764.